The van der Waals surface area contributed by atoms with E-state index in [9.17, 15) is 9.18 Å². The van der Waals surface area contributed by atoms with Crippen LogP contribution in [0.4, 0.5) is 4.39 Å². The Kier molecular flexibility index (Phi) is 4.22. The van der Waals surface area contributed by atoms with Crippen molar-refractivity contribution in [3.63, 3.8) is 0 Å². The molecule has 18 heavy (non-hydrogen) atoms. The summed E-state index contributed by atoms with van der Waals surface area (Å²) in [6.07, 6.45) is 1.88. The number of carboxylic acid groups (broad SMARTS) is 1. The molecule has 1 aromatic carbocycles. The Labute approximate surface area is 113 Å². The van der Waals surface area contributed by atoms with Gasteiger partial charge in [-0.2, -0.15) is 0 Å². The number of halogens is 2. The van der Waals surface area contributed by atoms with Gasteiger partial charge in [-0.05, 0) is 42.5 Å². The van der Waals surface area contributed by atoms with Crippen molar-refractivity contribution in [1.82, 2.24) is 0 Å². The number of ether oxygens (including phenoxy) is 1. The predicted molar refractivity (Wildman–Crippen MR) is 68.8 cm³/mol. The van der Waals surface area contributed by atoms with Gasteiger partial charge in [-0.1, -0.05) is 22.4 Å². The van der Waals surface area contributed by atoms with E-state index < -0.39 is 18.7 Å². The van der Waals surface area contributed by atoms with E-state index in [1.54, 1.807) is 12.1 Å². The minimum Gasteiger partial charge on any atom is -0.478 e. The van der Waals surface area contributed by atoms with Crippen LogP contribution in [-0.4, -0.2) is 23.9 Å². The maximum Gasteiger partial charge on any atom is 0.347 e. The maximum absolute atomic E-state index is 12.6. The zero-order valence-corrected chi connectivity index (χ0v) is 11.3. The molecule has 0 heterocycles. The van der Waals surface area contributed by atoms with E-state index >= 15 is 0 Å². The van der Waals surface area contributed by atoms with Crippen molar-refractivity contribution in [2.45, 2.75) is 31.3 Å². The fraction of sp³-hybridized carbons (Fsp3) is 0.462. The van der Waals surface area contributed by atoms with Gasteiger partial charge in [0.05, 0.1) is 0 Å². The molecule has 0 aliphatic heterocycles. The van der Waals surface area contributed by atoms with Crippen LogP contribution in [0.25, 0.3) is 0 Å². The SMILES string of the molecule is O=C(O)[C@H](CF)Oc1ccc(Br)cc1C1CCC1. The van der Waals surface area contributed by atoms with E-state index in [0.717, 1.165) is 22.9 Å². The van der Waals surface area contributed by atoms with Crippen molar-refractivity contribution in [1.29, 1.82) is 0 Å². The van der Waals surface area contributed by atoms with Gasteiger partial charge in [-0.15, -0.1) is 0 Å². The first-order chi connectivity index (χ1) is 8.61. The number of hydrogen-bond acceptors (Lipinski definition) is 2. The molecule has 1 N–H and O–H groups in total. The van der Waals surface area contributed by atoms with Gasteiger partial charge in [0.15, 0.2) is 0 Å². The van der Waals surface area contributed by atoms with Crippen LogP contribution in [-0.2, 0) is 4.79 Å². The van der Waals surface area contributed by atoms with Crippen molar-refractivity contribution >= 4 is 21.9 Å². The molecule has 0 bridgehead atoms. The minimum atomic E-state index is -1.43. The molecule has 5 heteroatoms. The average molecular weight is 317 g/mol. The summed E-state index contributed by atoms with van der Waals surface area (Å²) in [5.41, 5.74) is 0.968. The van der Waals surface area contributed by atoms with Crippen molar-refractivity contribution < 1.29 is 19.0 Å². The lowest BCUT2D eigenvalue weighted by molar-refractivity contribution is -0.145. The summed E-state index contributed by atoms with van der Waals surface area (Å²) < 4.78 is 18.8. The van der Waals surface area contributed by atoms with Gasteiger partial charge in [0.25, 0.3) is 0 Å². The Morgan fingerprint density at radius 3 is 2.78 bits per heavy atom. The normalized spacial score (nSPS) is 17.0. The number of alkyl halides is 1. The van der Waals surface area contributed by atoms with Crippen LogP contribution in [0.2, 0.25) is 0 Å². The lowest BCUT2D eigenvalue weighted by atomic mass is 9.80. The van der Waals surface area contributed by atoms with E-state index in [4.69, 9.17) is 9.84 Å². The Morgan fingerprint density at radius 2 is 2.28 bits per heavy atom. The Balaban J connectivity index is 2.23. The first-order valence-electron chi connectivity index (χ1n) is 5.86. The largest absolute Gasteiger partial charge is 0.478 e. The fourth-order valence-corrected chi connectivity index (χ4v) is 2.34. The molecule has 1 saturated carbocycles. The fourth-order valence-electron chi connectivity index (χ4n) is 1.97. The lowest BCUT2D eigenvalue weighted by Gasteiger charge is -2.28. The predicted octanol–water partition coefficient (Wildman–Crippen LogP) is 3.52. The smallest absolute Gasteiger partial charge is 0.347 e. The monoisotopic (exact) mass is 316 g/mol. The van der Waals surface area contributed by atoms with Gasteiger partial charge in [0.1, 0.15) is 12.4 Å². The molecule has 0 spiro atoms. The minimum absolute atomic E-state index is 0.395. The third-order valence-corrected chi connectivity index (χ3v) is 3.69. The standard InChI is InChI=1S/C13H14BrFO3/c14-9-4-5-11(18-12(7-15)13(16)17)10(6-9)8-2-1-3-8/h4-6,8,12H,1-3,7H2,(H,16,17)/t12-/m0/s1. The van der Waals surface area contributed by atoms with Crippen LogP contribution in [0.5, 0.6) is 5.75 Å². The summed E-state index contributed by atoms with van der Waals surface area (Å²) >= 11 is 3.38. The number of benzene rings is 1. The topological polar surface area (TPSA) is 46.5 Å². The molecule has 0 amide bonds. The summed E-state index contributed by atoms with van der Waals surface area (Å²) in [5.74, 6) is -0.403. The molecule has 0 radical (unpaired) electrons. The second-order valence-electron chi connectivity index (χ2n) is 4.41. The first kappa shape index (κ1) is 13.3. The number of carboxylic acids is 1. The van der Waals surface area contributed by atoms with E-state index in [-0.39, 0.29) is 0 Å². The Bertz CT molecular complexity index is 446. The summed E-state index contributed by atoms with van der Waals surface area (Å²) in [4.78, 5) is 10.8. The summed E-state index contributed by atoms with van der Waals surface area (Å²) in [7, 11) is 0. The van der Waals surface area contributed by atoms with Crippen LogP contribution in [0.3, 0.4) is 0 Å². The molecule has 3 nitrogen and oxygen atoms in total. The van der Waals surface area contributed by atoms with Gasteiger partial charge in [-0.25, -0.2) is 9.18 Å². The molecule has 1 aliphatic carbocycles. The third kappa shape index (κ3) is 2.83. The van der Waals surface area contributed by atoms with Gasteiger partial charge in [-0.3, -0.25) is 0 Å². The molecular weight excluding hydrogens is 303 g/mol. The number of rotatable bonds is 5. The van der Waals surface area contributed by atoms with E-state index in [2.05, 4.69) is 15.9 Å². The molecule has 2 rings (SSSR count). The Morgan fingerprint density at radius 1 is 1.56 bits per heavy atom. The molecule has 1 fully saturated rings. The number of hydrogen-bond donors (Lipinski definition) is 1. The van der Waals surface area contributed by atoms with Crippen molar-refractivity contribution in [3.05, 3.63) is 28.2 Å². The van der Waals surface area contributed by atoms with Crippen molar-refractivity contribution in [3.8, 4) is 5.75 Å². The zero-order chi connectivity index (χ0) is 13.1. The summed E-state index contributed by atoms with van der Waals surface area (Å²) in [6.45, 7) is -1.03. The third-order valence-electron chi connectivity index (χ3n) is 3.20. The van der Waals surface area contributed by atoms with E-state index in [1.165, 1.54) is 6.42 Å². The quantitative estimate of drug-likeness (QED) is 0.904. The van der Waals surface area contributed by atoms with E-state index in [0.29, 0.717) is 11.7 Å². The molecule has 1 aromatic rings. The second kappa shape index (κ2) is 5.69. The highest BCUT2D eigenvalue weighted by molar-refractivity contribution is 9.10. The van der Waals surface area contributed by atoms with Crippen molar-refractivity contribution in [2.24, 2.45) is 0 Å². The molecule has 98 valence electrons. The lowest BCUT2D eigenvalue weighted by Crippen LogP contribution is -2.29. The van der Waals surface area contributed by atoms with Crippen LogP contribution < -0.4 is 4.74 Å². The highest BCUT2D eigenvalue weighted by Gasteiger charge is 2.26. The molecule has 0 unspecified atom stereocenters. The molecule has 1 aliphatic rings. The molecule has 1 atom stereocenters. The van der Waals surface area contributed by atoms with Crippen LogP contribution in [0, 0.1) is 0 Å². The van der Waals surface area contributed by atoms with Gasteiger partial charge in [0, 0.05) is 4.47 Å². The first-order valence-corrected chi connectivity index (χ1v) is 6.66. The van der Waals surface area contributed by atoms with Crippen LogP contribution in [0.1, 0.15) is 30.7 Å². The highest BCUT2D eigenvalue weighted by atomic mass is 79.9. The van der Waals surface area contributed by atoms with Crippen LogP contribution in [0.15, 0.2) is 22.7 Å². The second-order valence-corrected chi connectivity index (χ2v) is 5.32. The van der Waals surface area contributed by atoms with Gasteiger partial charge >= 0.3 is 5.97 Å². The summed E-state index contributed by atoms with van der Waals surface area (Å²) in [6, 6.07) is 5.40. The number of aliphatic carboxylic acids is 1. The average Bonchev–Trinajstić information content (AvgIpc) is 2.25. The van der Waals surface area contributed by atoms with Crippen molar-refractivity contribution in [2.75, 3.05) is 6.67 Å². The molecule has 0 aromatic heterocycles. The maximum atomic E-state index is 12.6. The molecular formula is C13H14BrFO3. The molecule has 0 saturated heterocycles. The zero-order valence-electron chi connectivity index (χ0n) is 9.73. The van der Waals surface area contributed by atoms with Gasteiger partial charge in [0.2, 0.25) is 6.10 Å². The van der Waals surface area contributed by atoms with Gasteiger partial charge < -0.3 is 9.84 Å². The Hall–Kier alpha value is -1.10. The summed E-state index contributed by atoms with van der Waals surface area (Å²) in [5, 5.41) is 8.82. The van der Waals surface area contributed by atoms with E-state index in [1.807, 2.05) is 6.07 Å². The van der Waals surface area contributed by atoms with Crippen LogP contribution >= 0.6 is 15.9 Å². The highest BCUT2D eigenvalue weighted by Crippen LogP contribution is 2.42. The number of carbonyl (C=O) groups is 1.